The zero-order chi connectivity index (χ0) is 16.0. The van der Waals surface area contributed by atoms with Crippen LogP contribution in [-0.2, 0) is 4.79 Å². The molecular weight excluding hydrogens is 294 g/mol. The SMILES string of the molecule is CCCC(=O)Nc1cc(N(CC)CC)c([N+](=O)[O-])cc1Cl. The molecule has 0 spiro atoms. The van der Waals surface area contributed by atoms with Crippen molar-refractivity contribution in [3.8, 4) is 0 Å². The van der Waals surface area contributed by atoms with Gasteiger partial charge in [-0.3, -0.25) is 14.9 Å². The first-order chi connectivity index (χ1) is 9.94. The van der Waals surface area contributed by atoms with E-state index in [9.17, 15) is 14.9 Å². The molecule has 1 aromatic carbocycles. The third-order valence-electron chi connectivity index (χ3n) is 3.12. The second-order valence-corrected chi connectivity index (χ2v) is 4.96. The minimum absolute atomic E-state index is 0.0582. The number of benzene rings is 1. The molecule has 1 rings (SSSR count). The number of nitro groups is 1. The number of nitrogens with one attached hydrogen (secondary N) is 1. The van der Waals surface area contributed by atoms with Crippen LogP contribution in [0.15, 0.2) is 12.1 Å². The molecule has 21 heavy (non-hydrogen) atoms. The van der Waals surface area contributed by atoms with Gasteiger partial charge in [0.05, 0.1) is 15.6 Å². The number of halogens is 1. The van der Waals surface area contributed by atoms with E-state index in [4.69, 9.17) is 11.6 Å². The quantitative estimate of drug-likeness (QED) is 0.613. The summed E-state index contributed by atoms with van der Waals surface area (Å²) in [7, 11) is 0. The Morgan fingerprint density at radius 3 is 2.43 bits per heavy atom. The molecule has 0 unspecified atom stereocenters. The van der Waals surface area contributed by atoms with Gasteiger partial charge >= 0.3 is 0 Å². The third kappa shape index (κ3) is 4.32. The minimum Gasteiger partial charge on any atom is -0.366 e. The van der Waals surface area contributed by atoms with E-state index in [0.717, 1.165) is 6.42 Å². The van der Waals surface area contributed by atoms with Crippen LogP contribution >= 0.6 is 11.6 Å². The molecule has 0 heterocycles. The maximum Gasteiger partial charge on any atom is 0.294 e. The number of hydrogen-bond donors (Lipinski definition) is 1. The van der Waals surface area contributed by atoms with Gasteiger partial charge in [0, 0.05) is 25.6 Å². The van der Waals surface area contributed by atoms with Crippen molar-refractivity contribution in [1.29, 1.82) is 0 Å². The first-order valence-corrected chi connectivity index (χ1v) is 7.35. The first kappa shape index (κ1) is 17.2. The van der Waals surface area contributed by atoms with Gasteiger partial charge in [0.1, 0.15) is 5.69 Å². The van der Waals surface area contributed by atoms with Gasteiger partial charge in [0.2, 0.25) is 5.91 Å². The highest BCUT2D eigenvalue weighted by atomic mass is 35.5. The topological polar surface area (TPSA) is 75.5 Å². The summed E-state index contributed by atoms with van der Waals surface area (Å²) in [5.74, 6) is -0.154. The average molecular weight is 314 g/mol. The predicted octanol–water partition coefficient (Wildman–Crippen LogP) is 3.83. The summed E-state index contributed by atoms with van der Waals surface area (Å²) in [5.41, 5.74) is 0.806. The Morgan fingerprint density at radius 1 is 1.33 bits per heavy atom. The van der Waals surface area contributed by atoms with Gasteiger partial charge in [-0.1, -0.05) is 18.5 Å². The van der Waals surface area contributed by atoms with Crippen LogP contribution in [0.5, 0.6) is 0 Å². The van der Waals surface area contributed by atoms with Gasteiger partial charge in [-0.05, 0) is 26.3 Å². The molecule has 1 N–H and O–H groups in total. The Labute approximate surface area is 129 Å². The van der Waals surface area contributed by atoms with Crippen LogP contribution in [0, 0.1) is 10.1 Å². The van der Waals surface area contributed by atoms with Crippen molar-refractivity contribution < 1.29 is 9.72 Å². The molecule has 0 saturated carbocycles. The maximum absolute atomic E-state index is 11.7. The molecule has 7 heteroatoms. The van der Waals surface area contributed by atoms with Crippen LogP contribution in [-0.4, -0.2) is 23.9 Å². The van der Waals surface area contributed by atoms with Crippen LogP contribution in [0.25, 0.3) is 0 Å². The van der Waals surface area contributed by atoms with E-state index in [1.807, 2.05) is 25.7 Å². The molecule has 0 fully saturated rings. The highest BCUT2D eigenvalue weighted by molar-refractivity contribution is 6.34. The van der Waals surface area contributed by atoms with Crippen LogP contribution in [0.4, 0.5) is 17.1 Å². The smallest absolute Gasteiger partial charge is 0.294 e. The number of anilines is 2. The summed E-state index contributed by atoms with van der Waals surface area (Å²) in [4.78, 5) is 24.3. The van der Waals surface area contributed by atoms with Gasteiger partial charge in [-0.25, -0.2) is 0 Å². The molecule has 0 aliphatic rings. The minimum atomic E-state index is -0.461. The highest BCUT2D eigenvalue weighted by Crippen LogP contribution is 2.36. The van der Waals surface area contributed by atoms with E-state index in [-0.39, 0.29) is 16.6 Å². The summed E-state index contributed by atoms with van der Waals surface area (Å²) in [6, 6.07) is 2.86. The lowest BCUT2D eigenvalue weighted by Crippen LogP contribution is -2.23. The van der Waals surface area contributed by atoms with Crippen LogP contribution in [0.1, 0.15) is 33.6 Å². The number of nitrogens with zero attached hydrogens (tertiary/aromatic N) is 2. The second kappa shape index (κ2) is 7.83. The third-order valence-corrected chi connectivity index (χ3v) is 3.43. The van der Waals surface area contributed by atoms with Crippen molar-refractivity contribution in [2.45, 2.75) is 33.6 Å². The molecule has 0 aliphatic heterocycles. The fourth-order valence-corrected chi connectivity index (χ4v) is 2.26. The molecule has 116 valence electrons. The summed E-state index contributed by atoms with van der Waals surface area (Å²) < 4.78 is 0. The molecule has 0 aliphatic carbocycles. The molecule has 0 atom stereocenters. The monoisotopic (exact) mass is 313 g/mol. The number of amides is 1. The Balaban J connectivity index is 3.26. The fourth-order valence-electron chi connectivity index (χ4n) is 2.05. The molecule has 0 aromatic heterocycles. The van der Waals surface area contributed by atoms with Crippen LogP contribution < -0.4 is 10.2 Å². The molecule has 1 aromatic rings. The van der Waals surface area contributed by atoms with E-state index in [2.05, 4.69) is 5.32 Å². The first-order valence-electron chi connectivity index (χ1n) is 6.97. The molecule has 1 amide bonds. The molecular formula is C14H20ClN3O3. The number of carbonyl (C=O) groups excluding carboxylic acids is 1. The lowest BCUT2D eigenvalue weighted by Gasteiger charge is -2.22. The number of rotatable bonds is 7. The summed E-state index contributed by atoms with van der Waals surface area (Å²) in [5, 5.41) is 14.0. The van der Waals surface area contributed by atoms with Gasteiger partial charge < -0.3 is 10.2 Å². The number of nitro benzene ring substituents is 1. The zero-order valence-electron chi connectivity index (χ0n) is 12.5. The van der Waals surface area contributed by atoms with Crippen molar-refractivity contribution in [3.05, 3.63) is 27.3 Å². The Morgan fingerprint density at radius 2 is 1.95 bits per heavy atom. The molecule has 0 bridgehead atoms. The standard InChI is InChI=1S/C14H20ClN3O3/c1-4-7-14(19)16-11-9-12(17(5-2)6-3)13(18(20)21)8-10(11)15/h8-9H,4-7H2,1-3H3,(H,16,19). The largest absolute Gasteiger partial charge is 0.366 e. The van der Waals surface area contributed by atoms with Gasteiger partial charge in [-0.2, -0.15) is 0 Å². The Kier molecular flexibility index (Phi) is 6.42. The number of hydrogen-bond acceptors (Lipinski definition) is 4. The molecule has 0 radical (unpaired) electrons. The van der Waals surface area contributed by atoms with Gasteiger partial charge in [0.25, 0.3) is 5.69 Å². The van der Waals surface area contributed by atoms with E-state index >= 15 is 0 Å². The van der Waals surface area contributed by atoms with E-state index in [0.29, 0.717) is 30.9 Å². The highest BCUT2D eigenvalue weighted by Gasteiger charge is 2.21. The molecule has 6 nitrogen and oxygen atoms in total. The molecule has 0 saturated heterocycles. The summed E-state index contributed by atoms with van der Waals surface area (Å²) in [6.45, 7) is 6.98. The van der Waals surface area contributed by atoms with E-state index in [1.54, 1.807) is 6.07 Å². The van der Waals surface area contributed by atoms with Crippen molar-refractivity contribution in [2.75, 3.05) is 23.3 Å². The predicted molar refractivity (Wildman–Crippen MR) is 85.2 cm³/mol. The fraction of sp³-hybridized carbons (Fsp3) is 0.500. The maximum atomic E-state index is 11.7. The lowest BCUT2D eigenvalue weighted by atomic mass is 10.2. The van der Waals surface area contributed by atoms with E-state index in [1.165, 1.54) is 6.07 Å². The lowest BCUT2D eigenvalue weighted by molar-refractivity contribution is -0.384. The Hall–Kier alpha value is -1.82. The normalized spacial score (nSPS) is 10.3. The number of carbonyl (C=O) groups is 1. The summed E-state index contributed by atoms with van der Waals surface area (Å²) >= 11 is 6.04. The second-order valence-electron chi connectivity index (χ2n) is 4.55. The van der Waals surface area contributed by atoms with Crippen LogP contribution in [0.3, 0.4) is 0 Å². The van der Waals surface area contributed by atoms with Gasteiger partial charge in [0.15, 0.2) is 0 Å². The van der Waals surface area contributed by atoms with Crippen molar-refractivity contribution >= 4 is 34.6 Å². The van der Waals surface area contributed by atoms with Crippen molar-refractivity contribution in [2.24, 2.45) is 0 Å². The summed E-state index contributed by atoms with van der Waals surface area (Å²) in [6.07, 6.45) is 1.10. The van der Waals surface area contributed by atoms with Gasteiger partial charge in [-0.15, -0.1) is 0 Å². The van der Waals surface area contributed by atoms with E-state index < -0.39 is 4.92 Å². The average Bonchev–Trinajstić information content (AvgIpc) is 2.43. The van der Waals surface area contributed by atoms with Crippen LogP contribution in [0.2, 0.25) is 5.02 Å². The Bertz CT molecular complexity index is 530. The van der Waals surface area contributed by atoms with Crippen molar-refractivity contribution in [3.63, 3.8) is 0 Å². The van der Waals surface area contributed by atoms with Crippen molar-refractivity contribution in [1.82, 2.24) is 0 Å². The zero-order valence-corrected chi connectivity index (χ0v) is 13.2.